The molecule has 174 valence electrons. The zero-order valence-electron chi connectivity index (χ0n) is 19.9. The highest BCUT2D eigenvalue weighted by Gasteiger charge is 2.23. The zero-order chi connectivity index (χ0) is 23.7. The molecule has 1 saturated heterocycles. The molecule has 1 fully saturated rings. The highest BCUT2D eigenvalue weighted by Crippen LogP contribution is 2.28. The van der Waals surface area contributed by atoms with Crippen LogP contribution < -0.4 is 0 Å². The molecule has 2 atom stereocenters. The zero-order valence-corrected chi connectivity index (χ0v) is 19.9. The third kappa shape index (κ3) is 4.51. The van der Waals surface area contributed by atoms with E-state index in [9.17, 15) is 4.79 Å². The van der Waals surface area contributed by atoms with Gasteiger partial charge in [0, 0.05) is 74.6 Å². The molecule has 2 unspecified atom stereocenters. The van der Waals surface area contributed by atoms with Crippen molar-refractivity contribution in [3.63, 3.8) is 0 Å². The van der Waals surface area contributed by atoms with Crippen LogP contribution in [0.4, 0.5) is 0 Å². The summed E-state index contributed by atoms with van der Waals surface area (Å²) >= 11 is 0. The summed E-state index contributed by atoms with van der Waals surface area (Å²) in [5.74, 6) is 0.868. The predicted molar refractivity (Wildman–Crippen MR) is 134 cm³/mol. The lowest BCUT2D eigenvalue weighted by Crippen LogP contribution is -2.26. The molecule has 7 nitrogen and oxygen atoms in total. The molecule has 0 spiro atoms. The largest absolute Gasteiger partial charge is 0.374 e. The number of likely N-dealkylation sites (tertiary alicyclic amines) is 1. The van der Waals surface area contributed by atoms with E-state index in [1.165, 1.54) is 5.57 Å². The molecule has 0 aliphatic carbocycles. The Hall–Kier alpha value is -3.74. The molecule has 7 heteroatoms. The molecule has 2 aliphatic heterocycles. The summed E-state index contributed by atoms with van der Waals surface area (Å²) in [6.45, 7) is 2.98. The number of likely N-dealkylation sites (N-methyl/N-ethyl adjacent to an activating group) is 1. The first kappa shape index (κ1) is 22.1. The summed E-state index contributed by atoms with van der Waals surface area (Å²) in [5.41, 5.74) is 5.17. The van der Waals surface area contributed by atoms with Gasteiger partial charge in [-0.1, -0.05) is 30.4 Å². The van der Waals surface area contributed by atoms with E-state index in [1.54, 1.807) is 0 Å². The number of allylic oxidation sites excluding steroid dienone is 2. The number of aromatic nitrogens is 4. The molecule has 2 aromatic heterocycles. The molecular formula is C27H30N6O. The third-order valence-corrected chi connectivity index (χ3v) is 6.82. The van der Waals surface area contributed by atoms with Crippen molar-refractivity contribution in [1.29, 1.82) is 0 Å². The Morgan fingerprint density at radius 3 is 2.59 bits per heavy atom. The Balaban J connectivity index is 1.34. The molecule has 0 saturated carbocycles. The lowest BCUT2D eigenvalue weighted by molar-refractivity contribution is -0.129. The van der Waals surface area contributed by atoms with Gasteiger partial charge in [-0.3, -0.25) is 9.48 Å². The minimum Gasteiger partial charge on any atom is -0.374 e. The van der Waals surface area contributed by atoms with Crippen LogP contribution in [0, 0.1) is 0 Å². The summed E-state index contributed by atoms with van der Waals surface area (Å²) in [7, 11) is 3.96. The van der Waals surface area contributed by atoms with Crippen molar-refractivity contribution in [3.05, 3.63) is 73.0 Å². The highest BCUT2D eigenvalue weighted by molar-refractivity contribution is 5.78. The van der Waals surface area contributed by atoms with E-state index in [2.05, 4.69) is 64.4 Å². The second kappa shape index (κ2) is 9.25. The van der Waals surface area contributed by atoms with E-state index in [0.717, 1.165) is 41.6 Å². The Morgan fingerprint density at radius 1 is 1.00 bits per heavy atom. The second-order valence-corrected chi connectivity index (χ2v) is 9.25. The van der Waals surface area contributed by atoms with Gasteiger partial charge in [-0.15, -0.1) is 0 Å². The molecule has 0 bridgehead atoms. The van der Waals surface area contributed by atoms with Gasteiger partial charge in [0.05, 0.1) is 12.2 Å². The summed E-state index contributed by atoms with van der Waals surface area (Å²) < 4.78 is 1.92. The lowest BCUT2D eigenvalue weighted by atomic mass is 10.00. The van der Waals surface area contributed by atoms with Crippen LogP contribution in [0.2, 0.25) is 0 Å². The van der Waals surface area contributed by atoms with Gasteiger partial charge in [0.2, 0.25) is 5.91 Å². The van der Waals surface area contributed by atoms with Gasteiger partial charge in [0.1, 0.15) is 0 Å². The first-order valence-electron chi connectivity index (χ1n) is 11.8. The van der Waals surface area contributed by atoms with Crippen LogP contribution in [0.3, 0.4) is 0 Å². The Labute approximate surface area is 200 Å². The normalized spacial score (nSPS) is 20.9. The van der Waals surface area contributed by atoms with Crippen LogP contribution in [-0.2, 0) is 4.79 Å². The second-order valence-electron chi connectivity index (χ2n) is 9.25. The summed E-state index contributed by atoms with van der Waals surface area (Å²) in [6, 6.07) is 8.83. The molecule has 0 radical (unpaired) electrons. The molecule has 1 amide bonds. The molecule has 3 aromatic rings. The number of hydrogen-bond donors (Lipinski definition) is 0. The fourth-order valence-corrected chi connectivity index (χ4v) is 4.45. The van der Waals surface area contributed by atoms with Gasteiger partial charge in [0.15, 0.2) is 5.82 Å². The van der Waals surface area contributed by atoms with Gasteiger partial charge in [-0.25, -0.2) is 9.97 Å². The van der Waals surface area contributed by atoms with Crippen molar-refractivity contribution in [2.75, 3.05) is 20.6 Å². The minimum atomic E-state index is 0.0966. The molecule has 2 aliphatic rings. The van der Waals surface area contributed by atoms with Crippen molar-refractivity contribution in [2.24, 2.45) is 0 Å². The first-order valence-corrected chi connectivity index (χ1v) is 11.8. The summed E-state index contributed by atoms with van der Waals surface area (Å²) in [5, 5.41) is 4.55. The van der Waals surface area contributed by atoms with Crippen molar-refractivity contribution in [3.8, 4) is 22.5 Å². The SMILES string of the molecule is CC1C=CC(c2cccc(-c3ncc(-c4cnn(C5CCCN(C)C(=O)C5)c4)cn3)c2)=CN1C. The fourth-order valence-electron chi connectivity index (χ4n) is 4.45. The van der Waals surface area contributed by atoms with E-state index in [4.69, 9.17) is 0 Å². The van der Waals surface area contributed by atoms with Crippen LogP contribution >= 0.6 is 0 Å². The van der Waals surface area contributed by atoms with E-state index >= 15 is 0 Å². The van der Waals surface area contributed by atoms with Crippen LogP contribution in [0.15, 0.2) is 67.4 Å². The average Bonchev–Trinajstić information content (AvgIpc) is 3.29. The van der Waals surface area contributed by atoms with Gasteiger partial charge < -0.3 is 9.80 Å². The maximum absolute atomic E-state index is 12.3. The summed E-state index contributed by atoms with van der Waals surface area (Å²) in [4.78, 5) is 25.6. The maximum Gasteiger partial charge on any atom is 0.224 e. The van der Waals surface area contributed by atoms with E-state index < -0.39 is 0 Å². The van der Waals surface area contributed by atoms with E-state index in [1.807, 2.05) is 53.5 Å². The van der Waals surface area contributed by atoms with Crippen molar-refractivity contribution < 1.29 is 4.79 Å². The summed E-state index contributed by atoms with van der Waals surface area (Å²) in [6.07, 6.45) is 16.5. The third-order valence-electron chi connectivity index (χ3n) is 6.82. The molecule has 4 heterocycles. The minimum absolute atomic E-state index is 0.0966. The van der Waals surface area contributed by atoms with E-state index in [0.29, 0.717) is 18.3 Å². The number of amides is 1. The predicted octanol–water partition coefficient (Wildman–Crippen LogP) is 4.42. The molecule has 34 heavy (non-hydrogen) atoms. The molecular weight excluding hydrogens is 424 g/mol. The number of carbonyl (C=O) groups excluding carboxylic acids is 1. The Kier molecular flexibility index (Phi) is 6.01. The fraction of sp³-hybridized carbons (Fsp3) is 0.333. The topological polar surface area (TPSA) is 67.2 Å². The van der Waals surface area contributed by atoms with Gasteiger partial charge in [0.25, 0.3) is 0 Å². The lowest BCUT2D eigenvalue weighted by Gasteiger charge is -2.25. The molecule has 0 N–H and O–H groups in total. The highest BCUT2D eigenvalue weighted by atomic mass is 16.2. The molecule has 5 rings (SSSR count). The Bertz CT molecular complexity index is 1240. The van der Waals surface area contributed by atoms with Gasteiger partial charge in [-0.05, 0) is 37.0 Å². The number of nitrogens with zero attached hydrogens (tertiary/aromatic N) is 6. The van der Waals surface area contributed by atoms with Crippen LogP contribution in [0.25, 0.3) is 28.1 Å². The van der Waals surface area contributed by atoms with Gasteiger partial charge >= 0.3 is 0 Å². The van der Waals surface area contributed by atoms with Crippen molar-refractivity contribution in [1.82, 2.24) is 29.5 Å². The van der Waals surface area contributed by atoms with Crippen molar-refractivity contribution in [2.45, 2.75) is 38.3 Å². The number of carbonyl (C=O) groups is 1. The van der Waals surface area contributed by atoms with Crippen LogP contribution in [0.5, 0.6) is 0 Å². The van der Waals surface area contributed by atoms with E-state index in [-0.39, 0.29) is 11.9 Å². The monoisotopic (exact) mass is 454 g/mol. The van der Waals surface area contributed by atoms with Crippen LogP contribution in [0.1, 0.15) is 37.8 Å². The van der Waals surface area contributed by atoms with Crippen LogP contribution in [-0.4, -0.2) is 62.1 Å². The smallest absolute Gasteiger partial charge is 0.224 e. The number of hydrogen-bond acceptors (Lipinski definition) is 5. The van der Waals surface area contributed by atoms with Crippen molar-refractivity contribution >= 4 is 11.5 Å². The number of rotatable bonds is 4. The first-order chi connectivity index (χ1) is 16.5. The number of benzene rings is 1. The maximum atomic E-state index is 12.3. The average molecular weight is 455 g/mol. The van der Waals surface area contributed by atoms with Gasteiger partial charge in [-0.2, -0.15) is 5.10 Å². The Morgan fingerprint density at radius 2 is 1.79 bits per heavy atom. The molecule has 1 aromatic carbocycles. The standard InChI is InChI=1S/C27H30N6O/c1-19-9-10-22(17-32(19)3)20-6-4-7-21(12-20)27-28-14-23(15-29-27)24-16-30-33(18-24)25-8-5-11-31(2)26(34)13-25/h4,6-7,9-10,12,14-19,25H,5,8,11,13H2,1-3H3. The quantitative estimate of drug-likeness (QED) is 0.584.